The molecule has 0 radical (unpaired) electrons. The van der Waals surface area contributed by atoms with Gasteiger partial charge in [-0.25, -0.2) is 9.97 Å². The Morgan fingerprint density at radius 3 is 1.07 bits per heavy atom. The number of nitrogens with one attached hydrogen (secondary N) is 2. The van der Waals surface area contributed by atoms with Gasteiger partial charge in [-0.15, -0.1) is 0 Å². The van der Waals surface area contributed by atoms with E-state index in [0.717, 1.165) is 57.0 Å². The first-order valence-corrected chi connectivity index (χ1v) is 15.1. The number of rotatable bonds is 5. The minimum atomic E-state index is -6.52. The Balaban J connectivity index is 0.000000177. The third-order valence-corrected chi connectivity index (χ3v) is 11.8. The van der Waals surface area contributed by atoms with E-state index in [9.17, 15) is 19.2 Å². The molecule has 12 nitrogen and oxygen atoms in total. The molecule has 8 bridgehead atoms. The monoisotopic (exact) mass is 623 g/mol. The number of carbonyl (C=O) groups is 4. The van der Waals surface area contributed by atoms with Crippen molar-refractivity contribution in [3.05, 3.63) is 102 Å². The molecular weight excluding hydrogens is 600 g/mol. The molecule has 0 amide bonds. The van der Waals surface area contributed by atoms with Crippen molar-refractivity contribution in [2.24, 2.45) is 0 Å². The fourth-order valence-electron chi connectivity index (χ4n) is 4.33. The van der Waals surface area contributed by atoms with Gasteiger partial charge >= 0.3 is 106 Å². The van der Waals surface area contributed by atoms with Gasteiger partial charge in [0.05, 0.1) is 22.8 Å². The van der Waals surface area contributed by atoms with Crippen molar-refractivity contribution in [3.63, 3.8) is 0 Å². The van der Waals surface area contributed by atoms with Gasteiger partial charge in [0.25, 0.3) is 0 Å². The average molecular weight is 623 g/mol. The number of benzene rings is 1. The van der Waals surface area contributed by atoms with Crippen LogP contribution in [0.2, 0.25) is 0 Å². The number of hydrogen-bond acceptors (Lipinski definition) is 6. The van der Waals surface area contributed by atoms with Crippen LogP contribution in [-0.4, -0.2) is 59.8 Å². The Bertz CT molecular complexity index is 1790. The summed E-state index contributed by atoms with van der Waals surface area (Å²) < 4.78 is -0.745. The predicted molar refractivity (Wildman–Crippen MR) is 157 cm³/mol. The molecule has 43 heavy (non-hydrogen) atoms. The fraction of sp³-hybridized carbons (Fsp3) is 0. The van der Waals surface area contributed by atoms with Gasteiger partial charge in [0.15, 0.2) is 0 Å². The second-order valence-corrected chi connectivity index (χ2v) is 14.3. The van der Waals surface area contributed by atoms with Crippen LogP contribution in [0.5, 0.6) is 0 Å². The van der Waals surface area contributed by atoms with Crippen LogP contribution in [0.3, 0.4) is 0 Å². The summed E-state index contributed by atoms with van der Waals surface area (Å²) in [6.07, 6.45) is 8.09. The molecule has 2 aliphatic rings. The first-order valence-electron chi connectivity index (χ1n) is 12.4. The van der Waals surface area contributed by atoms with Crippen molar-refractivity contribution >= 4 is 70.3 Å². The minimum absolute atomic E-state index is 0.745. The van der Waals surface area contributed by atoms with Crippen molar-refractivity contribution in [2.45, 2.75) is 0 Å². The number of hydrogen-bond donors (Lipinski definition) is 6. The summed E-state index contributed by atoms with van der Waals surface area (Å²) in [6, 6.07) is 21.9. The van der Waals surface area contributed by atoms with Crippen LogP contribution in [0.25, 0.3) is 46.4 Å². The van der Waals surface area contributed by atoms with E-state index in [-0.39, 0.29) is 0 Å². The maximum absolute atomic E-state index is 11.4. The Morgan fingerprint density at radius 2 is 0.791 bits per heavy atom. The third-order valence-electron chi connectivity index (χ3n) is 6.38. The molecule has 0 fully saturated rings. The van der Waals surface area contributed by atoms with Crippen molar-refractivity contribution < 1.29 is 51.4 Å². The molecule has 5 heterocycles. The predicted octanol–water partition coefficient (Wildman–Crippen LogP) is 6.37. The van der Waals surface area contributed by atoms with Gasteiger partial charge in [-0.2, -0.15) is 0 Å². The van der Waals surface area contributed by atoms with E-state index in [4.69, 9.17) is 20.4 Å². The number of H-pyrrole nitrogens is 2. The molecule has 6 N–H and O–H groups in total. The number of fused-ring (bicyclic) bond motifs is 8. The Morgan fingerprint density at radius 1 is 0.488 bits per heavy atom. The maximum atomic E-state index is 11.4. The Labute approximate surface area is 242 Å². The van der Waals surface area contributed by atoms with Crippen LogP contribution < -0.4 is 4.46 Å². The van der Waals surface area contributed by atoms with E-state index in [1.165, 1.54) is 18.2 Å². The second kappa shape index (κ2) is 10.9. The summed E-state index contributed by atoms with van der Waals surface area (Å²) in [5.74, 6) is 0. The summed E-state index contributed by atoms with van der Waals surface area (Å²) in [7, 11) is 0. The molecule has 1 aromatic carbocycles. The summed E-state index contributed by atoms with van der Waals surface area (Å²) in [5.41, 5.74) is 7.86. The molecular formula is C30H23FeN4O8. The van der Waals surface area contributed by atoms with Crippen molar-refractivity contribution in [3.8, 4) is 0 Å². The van der Waals surface area contributed by atoms with Gasteiger partial charge in [0, 0.05) is 22.1 Å². The van der Waals surface area contributed by atoms with Crippen LogP contribution in [0.1, 0.15) is 22.8 Å². The number of carboxylic acid groups (broad SMARTS) is 4. The first-order chi connectivity index (χ1) is 20.5. The average Bonchev–Trinajstić information content (AvgIpc) is 3.76. The van der Waals surface area contributed by atoms with Crippen LogP contribution in [0.4, 0.5) is 19.2 Å². The normalized spacial score (nSPS) is 12.8. The zero-order valence-electron chi connectivity index (χ0n) is 22.0. The van der Waals surface area contributed by atoms with E-state index >= 15 is 0 Å². The first kappa shape index (κ1) is 28.7. The van der Waals surface area contributed by atoms with Crippen LogP contribution in [0.15, 0.2) is 78.9 Å². The molecule has 13 heteroatoms. The van der Waals surface area contributed by atoms with Gasteiger partial charge in [-0.05, 0) is 72.8 Å². The number of aromatic amines is 2. The summed E-state index contributed by atoms with van der Waals surface area (Å²) in [5, 5.41) is 36.6. The van der Waals surface area contributed by atoms with Crippen molar-refractivity contribution in [1.82, 2.24) is 19.9 Å². The molecule has 0 saturated carbocycles. The Hall–Kier alpha value is -5.78. The molecule has 0 saturated heterocycles. The van der Waals surface area contributed by atoms with E-state index < -0.39 is 35.7 Å². The second-order valence-electron chi connectivity index (χ2n) is 9.04. The van der Waals surface area contributed by atoms with E-state index in [1.807, 2.05) is 48.6 Å². The summed E-state index contributed by atoms with van der Waals surface area (Å²) in [4.78, 5) is 52.1. The fourth-order valence-corrected chi connectivity index (χ4v) is 7.58. The van der Waals surface area contributed by atoms with Crippen molar-refractivity contribution in [2.75, 3.05) is 0 Å². The molecule has 0 unspecified atom stereocenters. The third kappa shape index (κ3) is 4.78. The molecule has 219 valence electrons. The molecule has 0 aliphatic carbocycles. The topological polar surface area (TPSA) is 207 Å². The zero-order chi connectivity index (χ0) is 30.8. The van der Waals surface area contributed by atoms with Crippen LogP contribution in [-0.2, 0) is 11.8 Å². The number of aromatic nitrogens is 4. The van der Waals surface area contributed by atoms with Gasteiger partial charge in [0.2, 0.25) is 0 Å². The van der Waals surface area contributed by atoms with E-state index in [0.29, 0.717) is 0 Å². The van der Waals surface area contributed by atoms with Gasteiger partial charge in [0.1, 0.15) is 0 Å². The molecule has 0 atom stereocenters. The quantitative estimate of drug-likeness (QED) is 0.117. The molecule has 0 spiro atoms. The van der Waals surface area contributed by atoms with Gasteiger partial charge < -0.3 is 9.97 Å². The van der Waals surface area contributed by atoms with Crippen molar-refractivity contribution in [1.29, 1.82) is 0 Å². The van der Waals surface area contributed by atoms with Gasteiger partial charge in [-0.3, -0.25) is 0 Å². The van der Waals surface area contributed by atoms with E-state index in [1.54, 1.807) is 0 Å². The molecule has 2 aliphatic heterocycles. The Kier molecular flexibility index (Phi) is 7.28. The zero-order valence-corrected chi connectivity index (χ0v) is 23.1. The summed E-state index contributed by atoms with van der Waals surface area (Å²) in [6.45, 7) is 0. The van der Waals surface area contributed by atoms with Crippen LogP contribution >= 0.6 is 0 Å². The SMILES string of the molecule is C1=Cc2cc3ccc(cc4nc(cc5ccc(cc1n2)[nH]5)C=C4)[nH]3.O=[C](O)[Fe]([C](=O)O)([C](=O)O)([C](=O)O)[c]1ccccc1. The standard InChI is InChI=1S/C20H14N4.C6H5.4CHO2.Fe/c1-2-14-10-16-5-6-18(23-16)12-20-8-7-19(24-20)11-17-4-3-15(22-17)9-13(1)21-14;1-2-4-6-5-3-1;4*2-1-3;/h1-12,21,24H;1-5H;4*(H,2,3);. The molecule has 3 aromatic heterocycles. The molecule has 4 aromatic rings. The number of nitrogens with zero attached hydrogens (tertiary/aromatic N) is 2. The molecule has 6 rings (SSSR count). The van der Waals surface area contributed by atoms with E-state index in [2.05, 4.69) is 44.2 Å². The summed E-state index contributed by atoms with van der Waals surface area (Å²) >= 11 is -6.52. The van der Waals surface area contributed by atoms with Gasteiger partial charge in [-0.1, -0.05) is 0 Å². The van der Waals surface area contributed by atoms with Crippen LogP contribution in [0, 0.1) is 0 Å².